The van der Waals surface area contributed by atoms with E-state index in [4.69, 9.17) is 5.11 Å². The number of rotatable bonds is 5. The molecule has 1 aromatic heterocycles. The number of nitrogens with zero attached hydrogens (tertiary/aromatic N) is 1. The highest BCUT2D eigenvalue weighted by Crippen LogP contribution is 2.33. The van der Waals surface area contributed by atoms with Gasteiger partial charge in [-0.3, -0.25) is 4.79 Å². The second-order valence-electron chi connectivity index (χ2n) is 5.70. The van der Waals surface area contributed by atoms with Crippen LogP contribution < -0.4 is 5.32 Å². The van der Waals surface area contributed by atoms with E-state index in [2.05, 4.69) is 22.4 Å². The number of aromatic carboxylic acids is 1. The van der Waals surface area contributed by atoms with Crippen LogP contribution in [0.4, 0.5) is 0 Å². The van der Waals surface area contributed by atoms with E-state index in [1.807, 2.05) is 12.1 Å². The Balaban J connectivity index is 1.56. The van der Waals surface area contributed by atoms with Gasteiger partial charge in [-0.05, 0) is 36.3 Å². The number of carbonyl (C=O) groups is 2. The topological polar surface area (TPSA) is 79.3 Å². The molecule has 0 saturated carbocycles. The van der Waals surface area contributed by atoms with Gasteiger partial charge >= 0.3 is 5.97 Å². The highest BCUT2D eigenvalue weighted by molar-refractivity contribution is 7.09. The molecule has 5 nitrogen and oxygen atoms in total. The molecule has 0 fully saturated rings. The number of benzene rings is 1. The number of carbonyl (C=O) groups excluding carboxylic acids is 1. The summed E-state index contributed by atoms with van der Waals surface area (Å²) in [6.07, 6.45) is 3.70. The van der Waals surface area contributed by atoms with E-state index >= 15 is 0 Å². The third kappa shape index (κ3) is 3.76. The fourth-order valence-corrected chi connectivity index (χ4v) is 3.73. The number of carboxylic acids is 1. The van der Waals surface area contributed by atoms with E-state index in [1.165, 1.54) is 27.8 Å². The molecule has 1 heterocycles. The normalized spacial score (nSPS) is 16.6. The molecule has 1 aliphatic rings. The van der Waals surface area contributed by atoms with Gasteiger partial charge in [0.1, 0.15) is 5.01 Å². The van der Waals surface area contributed by atoms with Crippen LogP contribution in [0.25, 0.3) is 0 Å². The molecule has 23 heavy (non-hydrogen) atoms. The van der Waals surface area contributed by atoms with Crippen LogP contribution in [0.5, 0.6) is 0 Å². The molecule has 0 aliphatic heterocycles. The van der Waals surface area contributed by atoms with Crippen molar-refractivity contribution in [1.82, 2.24) is 10.3 Å². The van der Waals surface area contributed by atoms with Crippen molar-refractivity contribution in [2.45, 2.75) is 38.1 Å². The molecule has 1 amide bonds. The van der Waals surface area contributed by atoms with Crippen molar-refractivity contribution in [3.05, 3.63) is 51.5 Å². The van der Waals surface area contributed by atoms with Crippen LogP contribution in [0.15, 0.2) is 29.6 Å². The second-order valence-corrected chi connectivity index (χ2v) is 6.64. The Bertz CT molecular complexity index is 726. The number of aromatic nitrogens is 1. The van der Waals surface area contributed by atoms with Crippen molar-refractivity contribution in [3.8, 4) is 0 Å². The summed E-state index contributed by atoms with van der Waals surface area (Å²) in [5.74, 6) is -0.790. The Hall–Kier alpha value is -2.21. The summed E-state index contributed by atoms with van der Waals surface area (Å²) >= 11 is 1.25. The molecule has 1 aliphatic carbocycles. The van der Waals surface area contributed by atoms with Crippen LogP contribution in [0, 0.1) is 0 Å². The summed E-state index contributed by atoms with van der Waals surface area (Å²) < 4.78 is 0. The van der Waals surface area contributed by atoms with E-state index in [-0.39, 0.29) is 24.1 Å². The zero-order valence-corrected chi connectivity index (χ0v) is 13.4. The summed E-state index contributed by atoms with van der Waals surface area (Å²) in [7, 11) is 0. The molecule has 0 bridgehead atoms. The number of carboxylic acid groups (broad SMARTS) is 1. The summed E-state index contributed by atoms with van der Waals surface area (Å²) in [6.45, 7) is 0.283. The molecule has 0 saturated heterocycles. The molecule has 2 aromatic rings. The Morgan fingerprint density at radius 3 is 2.96 bits per heavy atom. The first-order valence-corrected chi connectivity index (χ1v) is 8.53. The van der Waals surface area contributed by atoms with Gasteiger partial charge in [0.2, 0.25) is 5.91 Å². The molecule has 120 valence electrons. The fraction of sp³-hybridized carbons (Fsp3) is 0.353. The number of amides is 1. The van der Waals surface area contributed by atoms with E-state index in [1.54, 1.807) is 0 Å². The summed E-state index contributed by atoms with van der Waals surface area (Å²) in [5, 5.41) is 13.8. The maximum Gasteiger partial charge on any atom is 0.355 e. The minimum Gasteiger partial charge on any atom is -0.476 e. The average molecular weight is 330 g/mol. The van der Waals surface area contributed by atoms with Crippen LogP contribution in [0.3, 0.4) is 0 Å². The van der Waals surface area contributed by atoms with Crippen molar-refractivity contribution < 1.29 is 14.7 Å². The maximum atomic E-state index is 12.2. The lowest BCUT2D eigenvalue weighted by molar-refractivity contribution is -0.121. The number of hydrogen-bond acceptors (Lipinski definition) is 4. The largest absolute Gasteiger partial charge is 0.476 e. The minimum absolute atomic E-state index is 0.0150. The smallest absolute Gasteiger partial charge is 0.355 e. The Morgan fingerprint density at radius 2 is 2.17 bits per heavy atom. The molecular formula is C17H18N2O3S. The zero-order chi connectivity index (χ0) is 16.2. The summed E-state index contributed by atoms with van der Waals surface area (Å²) in [4.78, 5) is 26.9. The van der Waals surface area contributed by atoms with Crippen LogP contribution >= 0.6 is 11.3 Å². The Morgan fingerprint density at radius 1 is 1.35 bits per heavy atom. The van der Waals surface area contributed by atoms with Crippen molar-refractivity contribution in [3.63, 3.8) is 0 Å². The number of thiazole rings is 1. The standard InChI is InChI=1S/C17H18N2O3S/c20-15(18-9-16-19-14(10-23-16)17(21)22)8-12-6-3-5-11-4-1-2-7-13(11)12/h1-2,4,7,10,12H,3,5-6,8-9H2,(H,18,20)(H,21,22). The molecular weight excluding hydrogens is 312 g/mol. The average Bonchev–Trinajstić information content (AvgIpc) is 3.03. The lowest BCUT2D eigenvalue weighted by Crippen LogP contribution is -2.25. The van der Waals surface area contributed by atoms with Gasteiger partial charge in [-0.1, -0.05) is 24.3 Å². The van der Waals surface area contributed by atoms with Gasteiger partial charge in [-0.25, -0.2) is 9.78 Å². The predicted molar refractivity (Wildman–Crippen MR) is 87.7 cm³/mol. The molecule has 2 N–H and O–H groups in total. The quantitative estimate of drug-likeness (QED) is 0.883. The zero-order valence-electron chi connectivity index (χ0n) is 12.6. The third-order valence-electron chi connectivity index (χ3n) is 4.13. The van der Waals surface area contributed by atoms with Crippen LogP contribution in [-0.4, -0.2) is 22.0 Å². The first-order valence-electron chi connectivity index (χ1n) is 7.65. The SMILES string of the molecule is O=C(CC1CCCc2ccccc21)NCc1nc(C(=O)O)cs1. The molecule has 0 spiro atoms. The van der Waals surface area contributed by atoms with Gasteiger partial charge in [0, 0.05) is 11.8 Å². The van der Waals surface area contributed by atoms with Gasteiger partial charge in [0.15, 0.2) is 5.69 Å². The summed E-state index contributed by atoms with van der Waals surface area (Å²) in [6, 6.07) is 8.33. The third-order valence-corrected chi connectivity index (χ3v) is 4.98. The fourth-order valence-electron chi connectivity index (χ4n) is 3.03. The Labute approximate surface area is 138 Å². The number of aryl methyl sites for hydroxylation is 1. The van der Waals surface area contributed by atoms with Crippen molar-refractivity contribution in [1.29, 1.82) is 0 Å². The van der Waals surface area contributed by atoms with Gasteiger partial charge in [0.25, 0.3) is 0 Å². The van der Waals surface area contributed by atoms with E-state index in [9.17, 15) is 9.59 Å². The van der Waals surface area contributed by atoms with E-state index in [0.717, 1.165) is 19.3 Å². The minimum atomic E-state index is -1.04. The van der Waals surface area contributed by atoms with Crippen molar-refractivity contribution in [2.24, 2.45) is 0 Å². The summed E-state index contributed by atoms with van der Waals surface area (Å²) in [5.41, 5.74) is 2.67. The van der Waals surface area contributed by atoms with Crippen molar-refractivity contribution in [2.75, 3.05) is 0 Å². The van der Waals surface area contributed by atoms with Gasteiger partial charge in [-0.2, -0.15) is 0 Å². The molecule has 1 unspecified atom stereocenters. The predicted octanol–water partition coefficient (Wildman–Crippen LogP) is 2.97. The second kappa shape index (κ2) is 6.91. The maximum absolute atomic E-state index is 12.2. The molecule has 6 heteroatoms. The van der Waals surface area contributed by atoms with Crippen LogP contribution in [0.2, 0.25) is 0 Å². The molecule has 3 rings (SSSR count). The number of nitrogens with one attached hydrogen (secondary N) is 1. The van der Waals surface area contributed by atoms with Gasteiger partial charge in [0.05, 0.1) is 6.54 Å². The van der Waals surface area contributed by atoms with Crippen molar-refractivity contribution >= 4 is 23.2 Å². The highest BCUT2D eigenvalue weighted by Gasteiger charge is 2.22. The lowest BCUT2D eigenvalue weighted by Gasteiger charge is -2.24. The highest BCUT2D eigenvalue weighted by atomic mass is 32.1. The molecule has 1 aromatic carbocycles. The number of hydrogen-bond donors (Lipinski definition) is 2. The van der Waals surface area contributed by atoms with Gasteiger partial charge < -0.3 is 10.4 Å². The number of fused-ring (bicyclic) bond motifs is 1. The molecule has 1 atom stereocenters. The van der Waals surface area contributed by atoms with Gasteiger partial charge in [-0.15, -0.1) is 11.3 Å². The molecule has 0 radical (unpaired) electrons. The van der Waals surface area contributed by atoms with E-state index in [0.29, 0.717) is 11.4 Å². The van der Waals surface area contributed by atoms with Crippen LogP contribution in [-0.2, 0) is 17.8 Å². The Kier molecular flexibility index (Phi) is 4.71. The monoisotopic (exact) mass is 330 g/mol. The lowest BCUT2D eigenvalue weighted by atomic mass is 9.81. The first-order chi connectivity index (χ1) is 11.1. The van der Waals surface area contributed by atoms with Crippen LogP contribution in [0.1, 0.15) is 51.8 Å². The van der Waals surface area contributed by atoms with E-state index < -0.39 is 5.97 Å². The first kappa shape index (κ1) is 15.7.